The van der Waals surface area contributed by atoms with Crippen molar-refractivity contribution in [1.29, 1.82) is 0 Å². The van der Waals surface area contributed by atoms with Crippen molar-refractivity contribution in [2.24, 2.45) is 0 Å². The third-order valence-corrected chi connectivity index (χ3v) is 7.18. The minimum Gasteiger partial charge on any atom is -0.379 e. The van der Waals surface area contributed by atoms with E-state index < -0.39 is 10.0 Å². The van der Waals surface area contributed by atoms with E-state index in [-0.39, 0.29) is 21.4 Å². The van der Waals surface area contributed by atoms with E-state index in [4.69, 9.17) is 16.3 Å². The minimum atomic E-state index is -3.67. The average molecular weight is 416 g/mol. The molecule has 0 spiro atoms. The van der Waals surface area contributed by atoms with Crippen LogP contribution in [0, 0.1) is 0 Å². The topological polar surface area (TPSA) is 79.0 Å². The molecule has 0 aromatic heterocycles. The van der Waals surface area contributed by atoms with Crippen molar-refractivity contribution < 1.29 is 17.9 Å². The molecule has 150 valence electrons. The van der Waals surface area contributed by atoms with Gasteiger partial charge in [0.25, 0.3) is 5.91 Å². The second-order valence-electron chi connectivity index (χ2n) is 6.82. The normalized spacial score (nSPS) is 19.7. The van der Waals surface area contributed by atoms with Gasteiger partial charge in [-0.25, -0.2) is 8.42 Å². The van der Waals surface area contributed by atoms with Crippen molar-refractivity contribution in [2.45, 2.75) is 24.2 Å². The largest absolute Gasteiger partial charge is 0.379 e. The molecule has 2 fully saturated rings. The van der Waals surface area contributed by atoms with E-state index in [1.54, 1.807) is 0 Å². The van der Waals surface area contributed by atoms with E-state index in [9.17, 15) is 13.2 Å². The van der Waals surface area contributed by atoms with Gasteiger partial charge in [-0.3, -0.25) is 4.79 Å². The van der Waals surface area contributed by atoms with E-state index in [1.807, 2.05) is 0 Å². The molecular weight excluding hydrogens is 390 g/mol. The number of amides is 1. The van der Waals surface area contributed by atoms with Gasteiger partial charge < -0.3 is 15.0 Å². The van der Waals surface area contributed by atoms with Crippen LogP contribution in [0.2, 0.25) is 5.02 Å². The molecule has 0 saturated carbocycles. The summed E-state index contributed by atoms with van der Waals surface area (Å²) in [6, 6.07) is 4.27. The third-order valence-electron chi connectivity index (χ3n) is 4.95. The van der Waals surface area contributed by atoms with Crippen molar-refractivity contribution in [3.8, 4) is 0 Å². The molecule has 2 heterocycles. The highest BCUT2D eigenvalue weighted by Gasteiger charge is 2.27. The van der Waals surface area contributed by atoms with Crippen molar-refractivity contribution in [3.63, 3.8) is 0 Å². The molecule has 0 bridgehead atoms. The first-order chi connectivity index (χ1) is 13.0. The quantitative estimate of drug-likeness (QED) is 0.763. The molecule has 2 aliphatic heterocycles. The van der Waals surface area contributed by atoms with E-state index in [1.165, 1.54) is 41.8 Å². The zero-order valence-electron chi connectivity index (χ0n) is 15.3. The van der Waals surface area contributed by atoms with Crippen molar-refractivity contribution >= 4 is 27.5 Å². The highest BCUT2D eigenvalue weighted by atomic mass is 35.5. The Morgan fingerprint density at radius 1 is 1.11 bits per heavy atom. The molecule has 2 saturated heterocycles. The number of nitrogens with zero attached hydrogens (tertiary/aromatic N) is 2. The Balaban J connectivity index is 1.66. The molecule has 9 heteroatoms. The molecule has 1 aromatic rings. The number of hydrogen-bond acceptors (Lipinski definition) is 5. The first-order valence-electron chi connectivity index (χ1n) is 9.36. The second kappa shape index (κ2) is 9.34. The van der Waals surface area contributed by atoms with Gasteiger partial charge in [0.05, 0.1) is 28.7 Å². The molecule has 27 heavy (non-hydrogen) atoms. The molecule has 0 unspecified atom stereocenters. The number of carbonyl (C=O) groups is 1. The van der Waals surface area contributed by atoms with Crippen molar-refractivity contribution in [3.05, 3.63) is 28.8 Å². The van der Waals surface area contributed by atoms with Crippen LogP contribution in [0.3, 0.4) is 0 Å². The Hall–Kier alpha value is -1.19. The molecule has 7 nitrogen and oxygen atoms in total. The summed E-state index contributed by atoms with van der Waals surface area (Å²) in [4.78, 5) is 14.9. The molecule has 1 amide bonds. The lowest BCUT2D eigenvalue weighted by atomic mass is 10.1. The van der Waals surface area contributed by atoms with Crippen LogP contribution >= 0.6 is 11.6 Å². The van der Waals surface area contributed by atoms with Crippen molar-refractivity contribution in [2.75, 3.05) is 52.5 Å². The average Bonchev–Trinajstić information content (AvgIpc) is 2.69. The fourth-order valence-corrected chi connectivity index (χ4v) is 5.02. The van der Waals surface area contributed by atoms with Crippen LogP contribution in [0.25, 0.3) is 0 Å². The maximum Gasteiger partial charge on any atom is 0.252 e. The highest BCUT2D eigenvalue weighted by Crippen LogP contribution is 2.23. The summed E-state index contributed by atoms with van der Waals surface area (Å²) in [6.45, 7) is 4.77. The third kappa shape index (κ3) is 5.20. The van der Waals surface area contributed by atoms with Gasteiger partial charge in [-0.2, -0.15) is 4.31 Å². The second-order valence-corrected chi connectivity index (χ2v) is 9.16. The van der Waals surface area contributed by atoms with Crippen LogP contribution in [0.15, 0.2) is 23.1 Å². The van der Waals surface area contributed by atoms with Crippen LogP contribution in [0.4, 0.5) is 0 Å². The summed E-state index contributed by atoms with van der Waals surface area (Å²) in [5, 5.41) is 3.09. The number of ether oxygens (including phenoxy) is 1. The Bertz CT molecular complexity index is 760. The number of benzene rings is 1. The molecule has 3 rings (SSSR count). The summed E-state index contributed by atoms with van der Waals surface area (Å²) in [5.74, 6) is -0.351. The molecule has 1 N–H and O–H groups in total. The summed E-state index contributed by atoms with van der Waals surface area (Å²) < 4.78 is 32.1. The molecule has 2 aliphatic rings. The lowest BCUT2D eigenvalue weighted by Gasteiger charge is -2.26. The van der Waals surface area contributed by atoms with Gasteiger partial charge in [0.2, 0.25) is 10.0 Å². The summed E-state index contributed by atoms with van der Waals surface area (Å²) in [7, 11) is -3.67. The number of nitrogens with one attached hydrogen (secondary N) is 1. The van der Waals surface area contributed by atoms with Crippen LogP contribution in [-0.4, -0.2) is 76.0 Å². The highest BCUT2D eigenvalue weighted by molar-refractivity contribution is 7.89. The zero-order chi connectivity index (χ0) is 19.3. The number of rotatable bonds is 6. The van der Waals surface area contributed by atoms with Gasteiger partial charge >= 0.3 is 0 Å². The van der Waals surface area contributed by atoms with Gasteiger partial charge in [-0.15, -0.1) is 0 Å². The van der Waals surface area contributed by atoms with E-state index in [0.29, 0.717) is 32.8 Å². The molecule has 0 radical (unpaired) electrons. The lowest BCUT2D eigenvalue weighted by Crippen LogP contribution is -2.40. The van der Waals surface area contributed by atoms with E-state index in [2.05, 4.69) is 10.2 Å². The fraction of sp³-hybridized carbons (Fsp3) is 0.611. The van der Waals surface area contributed by atoms with Crippen LogP contribution in [0.1, 0.15) is 29.6 Å². The first-order valence-corrected chi connectivity index (χ1v) is 11.2. The number of sulfonamides is 1. The van der Waals surface area contributed by atoms with Gasteiger partial charge in [-0.05, 0) is 44.1 Å². The summed E-state index contributed by atoms with van der Waals surface area (Å²) in [6.07, 6.45) is 3.66. The Morgan fingerprint density at radius 2 is 1.81 bits per heavy atom. The van der Waals surface area contributed by atoms with Gasteiger partial charge in [0.1, 0.15) is 0 Å². The lowest BCUT2D eigenvalue weighted by molar-refractivity contribution is 0.0730. The SMILES string of the molecule is O=C(NCCN1CCCCC1)c1cc(S(=O)(=O)N2CCOCC2)ccc1Cl. The Labute approximate surface area is 165 Å². The number of hydrogen-bond donors (Lipinski definition) is 1. The zero-order valence-corrected chi connectivity index (χ0v) is 16.9. The summed E-state index contributed by atoms with van der Waals surface area (Å²) in [5.41, 5.74) is 0.185. The predicted molar refractivity (Wildman–Crippen MR) is 104 cm³/mol. The van der Waals surface area contributed by atoms with Gasteiger partial charge in [-0.1, -0.05) is 18.0 Å². The number of likely N-dealkylation sites (tertiary alicyclic amines) is 1. The first kappa shape index (κ1) is 20.5. The summed E-state index contributed by atoms with van der Waals surface area (Å²) >= 11 is 6.15. The standard InChI is InChI=1S/C18H26ClN3O4S/c19-17-5-4-15(27(24,25)22-10-12-26-13-11-22)14-16(17)18(23)20-6-9-21-7-2-1-3-8-21/h4-5,14H,1-3,6-13H2,(H,20,23). The van der Waals surface area contributed by atoms with Crippen LogP contribution in [0.5, 0.6) is 0 Å². The van der Waals surface area contributed by atoms with Crippen molar-refractivity contribution in [1.82, 2.24) is 14.5 Å². The fourth-order valence-electron chi connectivity index (χ4n) is 3.38. The number of halogens is 1. The molecule has 0 aliphatic carbocycles. The Kier molecular flexibility index (Phi) is 7.10. The number of morpholine rings is 1. The van der Waals surface area contributed by atoms with Crippen LogP contribution in [-0.2, 0) is 14.8 Å². The molecule has 1 aromatic carbocycles. The monoisotopic (exact) mass is 415 g/mol. The van der Waals surface area contributed by atoms with E-state index >= 15 is 0 Å². The number of piperidine rings is 1. The predicted octanol–water partition coefficient (Wildman–Crippen LogP) is 1.58. The minimum absolute atomic E-state index is 0.0787. The maximum absolute atomic E-state index is 12.8. The molecule has 0 atom stereocenters. The van der Waals surface area contributed by atoms with E-state index in [0.717, 1.165) is 19.6 Å². The van der Waals surface area contributed by atoms with Gasteiger partial charge in [0, 0.05) is 26.2 Å². The smallest absolute Gasteiger partial charge is 0.252 e. The van der Waals surface area contributed by atoms with Crippen LogP contribution < -0.4 is 5.32 Å². The van der Waals surface area contributed by atoms with Gasteiger partial charge in [0.15, 0.2) is 0 Å². The maximum atomic E-state index is 12.8. The number of carbonyl (C=O) groups excluding carboxylic acids is 1. The molecular formula is C18H26ClN3O4S. The Morgan fingerprint density at radius 3 is 2.52 bits per heavy atom.